The maximum absolute atomic E-state index is 12.3. The van der Waals surface area contributed by atoms with E-state index >= 15 is 0 Å². The minimum Gasteiger partial charge on any atom is -0.502 e. The zero-order valence-electron chi connectivity index (χ0n) is 14.8. The number of amides is 1. The van der Waals surface area contributed by atoms with E-state index in [4.69, 9.17) is 14.3 Å². The van der Waals surface area contributed by atoms with Gasteiger partial charge in [-0.1, -0.05) is 12.1 Å². The molecule has 140 valence electrons. The van der Waals surface area contributed by atoms with Crippen molar-refractivity contribution in [2.45, 2.75) is 25.7 Å². The molecule has 3 N–H and O–H groups in total. The Morgan fingerprint density at radius 1 is 1.31 bits per heavy atom. The summed E-state index contributed by atoms with van der Waals surface area (Å²) in [5.74, 6) is -0.362. The van der Waals surface area contributed by atoms with Crippen molar-refractivity contribution in [3.05, 3.63) is 57.6 Å². The van der Waals surface area contributed by atoms with Gasteiger partial charge in [0.1, 0.15) is 11.5 Å². The Morgan fingerprint density at radius 3 is 2.62 bits per heavy atom. The molecule has 7 heteroatoms. The van der Waals surface area contributed by atoms with Crippen molar-refractivity contribution >= 4 is 5.91 Å². The second-order valence-corrected chi connectivity index (χ2v) is 5.89. The Hall–Kier alpha value is -2.80. The summed E-state index contributed by atoms with van der Waals surface area (Å²) in [6, 6.07) is 8.18. The van der Waals surface area contributed by atoms with Gasteiger partial charge < -0.3 is 24.7 Å². The minimum atomic E-state index is -0.636. The number of ether oxygens (including phenoxy) is 1. The van der Waals surface area contributed by atoms with E-state index in [-0.39, 0.29) is 24.7 Å². The number of carbonyl (C=O) groups is 1. The van der Waals surface area contributed by atoms with Crippen LogP contribution in [0.4, 0.5) is 0 Å². The molecule has 0 bridgehead atoms. The molecule has 2 rings (SSSR count). The molecule has 1 atom stereocenters. The smallest absolute Gasteiger partial charge is 0.227 e. The first kappa shape index (κ1) is 19.5. The van der Waals surface area contributed by atoms with Crippen molar-refractivity contribution in [2.75, 3.05) is 20.3 Å². The van der Waals surface area contributed by atoms with Crippen LogP contribution in [0.5, 0.6) is 11.5 Å². The summed E-state index contributed by atoms with van der Waals surface area (Å²) < 4.78 is 10.7. The summed E-state index contributed by atoms with van der Waals surface area (Å²) in [5.41, 5.74) is 0.148. The summed E-state index contributed by atoms with van der Waals surface area (Å²) in [7, 11) is 1.55. The second kappa shape index (κ2) is 9.05. The molecule has 1 aromatic heterocycles. The van der Waals surface area contributed by atoms with E-state index in [9.17, 15) is 14.7 Å². The van der Waals surface area contributed by atoms with Gasteiger partial charge in [0.15, 0.2) is 5.76 Å². The number of hydrogen-bond acceptors (Lipinski definition) is 6. The third-order valence-corrected chi connectivity index (χ3v) is 3.95. The Balaban J connectivity index is 2.38. The number of benzene rings is 1. The third-order valence-electron chi connectivity index (χ3n) is 3.95. The van der Waals surface area contributed by atoms with Gasteiger partial charge >= 0.3 is 0 Å². The highest BCUT2D eigenvalue weighted by molar-refractivity contribution is 5.77. The van der Waals surface area contributed by atoms with E-state index in [1.807, 2.05) is 0 Å². The highest BCUT2D eigenvalue weighted by Crippen LogP contribution is 2.33. The Kier molecular flexibility index (Phi) is 6.80. The second-order valence-electron chi connectivity index (χ2n) is 5.89. The number of hydrogen-bond donors (Lipinski definition) is 3. The van der Waals surface area contributed by atoms with Gasteiger partial charge in [0.2, 0.25) is 17.1 Å². The first-order valence-corrected chi connectivity index (χ1v) is 8.31. The fraction of sp³-hybridized carbons (Fsp3) is 0.368. The first-order valence-electron chi connectivity index (χ1n) is 8.31. The summed E-state index contributed by atoms with van der Waals surface area (Å²) >= 11 is 0. The van der Waals surface area contributed by atoms with Gasteiger partial charge in [0.05, 0.1) is 13.0 Å². The largest absolute Gasteiger partial charge is 0.502 e. The van der Waals surface area contributed by atoms with Gasteiger partial charge in [-0.05, 0) is 31.0 Å². The van der Waals surface area contributed by atoms with Crippen LogP contribution in [-0.4, -0.2) is 36.4 Å². The van der Waals surface area contributed by atoms with Crippen LogP contribution >= 0.6 is 0 Å². The molecule has 7 nitrogen and oxygen atoms in total. The van der Waals surface area contributed by atoms with Gasteiger partial charge in [-0.3, -0.25) is 9.59 Å². The van der Waals surface area contributed by atoms with E-state index in [0.717, 1.165) is 0 Å². The lowest BCUT2D eigenvalue weighted by atomic mass is 9.91. The van der Waals surface area contributed by atoms with Crippen LogP contribution in [0.3, 0.4) is 0 Å². The molecule has 0 fully saturated rings. The van der Waals surface area contributed by atoms with Crippen LogP contribution in [0, 0.1) is 6.92 Å². The monoisotopic (exact) mass is 361 g/mol. The van der Waals surface area contributed by atoms with Crippen LogP contribution in [0.1, 0.15) is 35.8 Å². The van der Waals surface area contributed by atoms with Crippen molar-refractivity contribution in [1.29, 1.82) is 0 Å². The molecule has 26 heavy (non-hydrogen) atoms. The van der Waals surface area contributed by atoms with E-state index < -0.39 is 17.1 Å². The maximum Gasteiger partial charge on any atom is 0.227 e. The number of aryl methyl sites for hydroxylation is 1. The molecule has 1 amide bonds. The highest BCUT2D eigenvalue weighted by atomic mass is 16.5. The number of aliphatic hydroxyl groups excluding tert-OH is 1. The zero-order valence-corrected chi connectivity index (χ0v) is 14.8. The number of rotatable bonds is 8. The molecular weight excluding hydrogens is 338 g/mol. The van der Waals surface area contributed by atoms with E-state index in [0.29, 0.717) is 30.0 Å². The lowest BCUT2D eigenvalue weighted by Crippen LogP contribution is -2.27. The van der Waals surface area contributed by atoms with Gasteiger partial charge in [-0.25, -0.2) is 0 Å². The van der Waals surface area contributed by atoms with Crippen molar-refractivity contribution < 1.29 is 24.2 Å². The van der Waals surface area contributed by atoms with Crippen molar-refractivity contribution in [1.82, 2.24) is 5.32 Å². The molecule has 0 saturated carbocycles. The number of aliphatic hydroxyl groups is 1. The molecule has 2 aromatic rings. The molecule has 1 aromatic carbocycles. The summed E-state index contributed by atoms with van der Waals surface area (Å²) in [4.78, 5) is 24.2. The number of nitrogens with one attached hydrogen (secondary N) is 1. The van der Waals surface area contributed by atoms with Crippen molar-refractivity contribution in [3.63, 3.8) is 0 Å². The molecule has 0 aliphatic rings. The quantitative estimate of drug-likeness (QED) is 0.617. The fourth-order valence-electron chi connectivity index (χ4n) is 2.62. The molecule has 0 aliphatic heterocycles. The predicted octanol–water partition coefficient (Wildman–Crippen LogP) is 1.68. The number of aromatic hydroxyl groups is 1. The normalized spacial score (nSPS) is 11.8. The minimum absolute atomic E-state index is 0.0162. The number of methoxy groups -OCH3 is 1. The Morgan fingerprint density at radius 2 is 2.00 bits per heavy atom. The maximum atomic E-state index is 12.3. The zero-order chi connectivity index (χ0) is 19.1. The van der Waals surface area contributed by atoms with Crippen LogP contribution in [-0.2, 0) is 4.79 Å². The van der Waals surface area contributed by atoms with Crippen molar-refractivity contribution in [2.24, 2.45) is 0 Å². The molecule has 0 radical (unpaired) electrons. The highest BCUT2D eigenvalue weighted by Gasteiger charge is 2.25. The van der Waals surface area contributed by atoms with Crippen LogP contribution in [0.25, 0.3) is 0 Å². The topological polar surface area (TPSA) is 109 Å². The van der Waals surface area contributed by atoms with E-state index in [1.165, 1.54) is 6.07 Å². The molecule has 0 saturated heterocycles. The Labute approximate surface area is 151 Å². The molecule has 1 heterocycles. The van der Waals surface area contributed by atoms with Crippen LogP contribution in [0.15, 0.2) is 39.5 Å². The lowest BCUT2D eigenvalue weighted by molar-refractivity contribution is -0.121. The van der Waals surface area contributed by atoms with Gasteiger partial charge in [-0.15, -0.1) is 0 Å². The van der Waals surface area contributed by atoms with Gasteiger partial charge in [-0.2, -0.15) is 0 Å². The molecule has 1 unspecified atom stereocenters. The summed E-state index contributed by atoms with van der Waals surface area (Å²) in [6.45, 7) is 1.93. The predicted molar refractivity (Wildman–Crippen MR) is 95.5 cm³/mol. The van der Waals surface area contributed by atoms with Crippen LogP contribution in [0.2, 0.25) is 0 Å². The Bertz CT molecular complexity index is 797. The fourth-order valence-corrected chi connectivity index (χ4v) is 2.62. The summed E-state index contributed by atoms with van der Waals surface area (Å²) in [5, 5.41) is 21.7. The molecular formula is C19H23NO6. The lowest BCUT2D eigenvalue weighted by Gasteiger charge is -2.18. The molecule has 0 aliphatic carbocycles. The first-order chi connectivity index (χ1) is 12.5. The van der Waals surface area contributed by atoms with Crippen molar-refractivity contribution in [3.8, 4) is 11.5 Å². The third kappa shape index (κ3) is 4.86. The standard InChI is InChI=1S/C19H23NO6/c1-12-10-16(22)18(24)19(26-12)15(11-17(23)20-8-3-9-21)13-4-6-14(25-2)7-5-13/h4-7,10,15,21,24H,3,8-9,11H2,1-2H3,(H,20,23). The SMILES string of the molecule is COc1ccc(C(CC(=O)NCCCO)c2oc(C)cc(=O)c2O)cc1. The van der Waals surface area contributed by atoms with Crippen LogP contribution < -0.4 is 15.5 Å². The molecule has 0 spiro atoms. The summed E-state index contributed by atoms with van der Waals surface area (Å²) in [6.07, 6.45) is 0.432. The van der Waals surface area contributed by atoms with E-state index in [1.54, 1.807) is 38.3 Å². The van der Waals surface area contributed by atoms with Gasteiger partial charge in [0, 0.05) is 25.6 Å². The number of carbonyl (C=O) groups excluding carboxylic acids is 1. The van der Waals surface area contributed by atoms with E-state index in [2.05, 4.69) is 5.32 Å². The average molecular weight is 361 g/mol. The van der Waals surface area contributed by atoms with Gasteiger partial charge in [0.25, 0.3) is 0 Å². The average Bonchev–Trinajstić information content (AvgIpc) is 2.63.